The summed E-state index contributed by atoms with van der Waals surface area (Å²) in [5.41, 5.74) is 0. The molecular weight excluding hydrogens is 162 g/mol. The van der Waals surface area contributed by atoms with E-state index in [1.807, 2.05) is 6.92 Å². The summed E-state index contributed by atoms with van der Waals surface area (Å²) in [6, 6.07) is 0. The lowest BCUT2D eigenvalue weighted by atomic mass is 10.4. The second-order valence-corrected chi connectivity index (χ2v) is 2.42. The molecule has 0 aromatic rings. The number of nitrogens with zero attached hydrogens (tertiary/aromatic N) is 1. The first-order valence-electron chi connectivity index (χ1n) is 3.53. The fourth-order valence-electron chi connectivity index (χ4n) is 0.757. The van der Waals surface area contributed by atoms with Crippen LogP contribution in [0.1, 0.15) is 13.3 Å². The quantitative estimate of drug-likeness (QED) is 0.461. The van der Waals surface area contributed by atoms with Crippen LogP contribution in [0, 0.1) is 12.3 Å². The average Bonchev–Trinajstić information content (AvgIpc) is 2.03. The number of hydrogen-bond donors (Lipinski definition) is 0. The van der Waals surface area contributed by atoms with Gasteiger partial charge in [0.1, 0.15) is 5.88 Å². The Morgan fingerprint density at radius 2 is 2.36 bits per heavy atom. The Balaban J connectivity index is 3.89. The number of amides is 1. The zero-order valence-corrected chi connectivity index (χ0v) is 7.40. The minimum absolute atomic E-state index is 0.0156. The molecule has 1 amide bonds. The average molecular weight is 174 g/mol. The highest BCUT2D eigenvalue weighted by molar-refractivity contribution is 6.27. The summed E-state index contributed by atoms with van der Waals surface area (Å²) in [5.74, 6) is 2.34. The Morgan fingerprint density at radius 1 is 1.73 bits per heavy atom. The topological polar surface area (TPSA) is 20.3 Å². The van der Waals surface area contributed by atoms with Crippen molar-refractivity contribution >= 4 is 17.5 Å². The molecule has 0 aromatic heterocycles. The Labute approximate surface area is 72.5 Å². The Bertz CT molecular complexity index is 162. The molecule has 0 bridgehead atoms. The van der Waals surface area contributed by atoms with E-state index in [0.29, 0.717) is 13.1 Å². The van der Waals surface area contributed by atoms with Crippen molar-refractivity contribution in [3.05, 3.63) is 0 Å². The Kier molecular flexibility index (Phi) is 5.68. The largest absolute Gasteiger partial charge is 0.331 e. The van der Waals surface area contributed by atoms with Gasteiger partial charge in [0, 0.05) is 6.54 Å². The molecule has 2 nitrogen and oxygen atoms in total. The maximum atomic E-state index is 11.0. The van der Waals surface area contributed by atoms with Gasteiger partial charge in [-0.25, -0.2) is 0 Å². The maximum absolute atomic E-state index is 11.0. The summed E-state index contributed by atoms with van der Waals surface area (Å²) >= 11 is 5.36. The summed E-state index contributed by atoms with van der Waals surface area (Å²) in [5, 5.41) is 0. The predicted octanol–water partition coefficient (Wildman–Crippen LogP) is 1.10. The second kappa shape index (κ2) is 6.06. The molecule has 0 rings (SSSR count). The van der Waals surface area contributed by atoms with Gasteiger partial charge in [-0.1, -0.05) is 12.8 Å². The number of rotatable bonds is 4. The summed E-state index contributed by atoms with van der Waals surface area (Å²) in [7, 11) is 0. The minimum atomic E-state index is -0.0912. The minimum Gasteiger partial charge on any atom is -0.331 e. The molecule has 0 aliphatic carbocycles. The molecule has 0 fully saturated rings. The van der Waals surface area contributed by atoms with Crippen molar-refractivity contribution in [2.75, 3.05) is 19.0 Å². The SMILES string of the molecule is C#CCN(CCC)C(=O)CCl. The van der Waals surface area contributed by atoms with Crippen LogP contribution in [0.5, 0.6) is 0 Å². The zero-order valence-electron chi connectivity index (χ0n) is 6.64. The van der Waals surface area contributed by atoms with E-state index >= 15 is 0 Å². The Morgan fingerprint density at radius 3 is 2.73 bits per heavy atom. The van der Waals surface area contributed by atoms with Crippen molar-refractivity contribution in [1.82, 2.24) is 4.90 Å². The summed E-state index contributed by atoms with van der Waals surface area (Å²) in [6.07, 6.45) is 5.97. The number of terminal acetylenes is 1. The molecule has 0 atom stereocenters. The van der Waals surface area contributed by atoms with Crippen LogP contribution in [-0.2, 0) is 4.79 Å². The van der Waals surface area contributed by atoms with Crippen LogP contribution in [0.3, 0.4) is 0 Å². The first kappa shape index (κ1) is 10.3. The second-order valence-electron chi connectivity index (χ2n) is 2.15. The van der Waals surface area contributed by atoms with Crippen LogP contribution in [-0.4, -0.2) is 29.8 Å². The van der Waals surface area contributed by atoms with Crippen molar-refractivity contribution in [2.45, 2.75) is 13.3 Å². The van der Waals surface area contributed by atoms with Gasteiger partial charge >= 0.3 is 0 Å². The molecule has 0 heterocycles. The van der Waals surface area contributed by atoms with Gasteiger partial charge in [0.2, 0.25) is 5.91 Å². The van der Waals surface area contributed by atoms with Crippen LogP contribution in [0.25, 0.3) is 0 Å². The molecule has 0 spiro atoms. The number of carbonyl (C=O) groups is 1. The molecule has 11 heavy (non-hydrogen) atoms. The van der Waals surface area contributed by atoms with Gasteiger partial charge in [0.15, 0.2) is 0 Å². The lowest BCUT2D eigenvalue weighted by Gasteiger charge is -2.17. The van der Waals surface area contributed by atoms with Crippen LogP contribution in [0.4, 0.5) is 0 Å². The van der Waals surface area contributed by atoms with E-state index < -0.39 is 0 Å². The van der Waals surface area contributed by atoms with Crippen molar-refractivity contribution in [2.24, 2.45) is 0 Å². The first-order chi connectivity index (χ1) is 5.26. The van der Waals surface area contributed by atoms with Crippen LogP contribution in [0.2, 0.25) is 0 Å². The highest BCUT2D eigenvalue weighted by atomic mass is 35.5. The molecule has 0 saturated heterocycles. The third-order valence-electron chi connectivity index (χ3n) is 1.24. The summed E-state index contributed by atoms with van der Waals surface area (Å²) in [4.78, 5) is 12.6. The van der Waals surface area contributed by atoms with E-state index in [0.717, 1.165) is 6.42 Å². The number of halogens is 1. The highest BCUT2D eigenvalue weighted by Gasteiger charge is 2.08. The van der Waals surface area contributed by atoms with Gasteiger partial charge in [0.05, 0.1) is 6.54 Å². The van der Waals surface area contributed by atoms with Gasteiger partial charge in [-0.05, 0) is 6.42 Å². The molecule has 0 saturated carbocycles. The Hall–Kier alpha value is -0.680. The fourth-order valence-corrected chi connectivity index (χ4v) is 0.926. The van der Waals surface area contributed by atoms with E-state index in [2.05, 4.69) is 5.92 Å². The summed E-state index contributed by atoms with van der Waals surface area (Å²) < 4.78 is 0. The molecule has 0 unspecified atom stereocenters. The molecule has 0 aliphatic heterocycles. The van der Waals surface area contributed by atoms with Gasteiger partial charge < -0.3 is 4.90 Å². The van der Waals surface area contributed by atoms with E-state index in [9.17, 15) is 4.79 Å². The van der Waals surface area contributed by atoms with E-state index in [1.54, 1.807) is 4.90 Å². The van der Waals surface area contributed by atoms with Crippen LogP contribution >= 0.6 is 11.6 Å². The van der Waals surface area contributed by atoms with E-state index in [-0.39, 0.29) is 11.8 Å². The van der Waals surface area contributed by atoms with E-state index in [4.69, 9.17) is 18.0 Å². The van der Waals surface area contributed by atoms with Gasteiger partial charge in [-0.2, -0.15) is 0 Å². The predicted molar refractivity (Wildman–Crippen MR) is 46.4 cm³/mol. The normalized spacial score (nSPS) is 8.82. The molecule has 0 aromatic carbocycles. The molecule has 62 valence electrons. The molecular formula is C8H12ClNO. The van der Waals surface area contributed by atoms with E-state index in [1.165, 1.54) is 0 Å². The van der Waals surface area contributed by atoms with Crippen LogP contribution < -0.4 is 0 Å². The lowest BCUT2D eigenvalue weighted by Crippen LogP contribution is -2.32. The number of hydrogen-bond acceptors (Lipinski definition) is 1. The smallest absolute Gasteiger partial charge is 0.238 e. The molecule has 0 aliphatic rings. The van der Waals surface area contributed by atoms with Crippen molar-refractivity contribution < 1.29 is 4.79 Å². The lowest BCUT2D eigenvalue weighted by molar-refractivity contribution is -0.127. The first-order valence-corrected chi connectivity index (χ1v) is 4.06. The van der Waals surface area contributed by atoms with Crippen molar-refractivity contribution in [3.63, 3.8) is 0 Å². The fraction of sp³-hybridized carbons (Fsp3) is 0.625. The number of alkyl halides is 1. The van der Waals surface area contributed by atoms with Gasteiger partial charge in [0.25, 0.3) is 0 Å². The van der Waals surface area contributed by atoms with Gasteiger partial charge in [-0.15, -0.1) is 18.0 Å². The maximum Gasteiger partial charge on any atom is 0.238 e. The summed E-state index contributed by atoms with van der Waals surface area (Å²) in [6.45, 7) is 3.04. The van der Waals surface area contributed by atoms with Crippen molar-refractivity contribution in [3.8, 4) is 12.3 Å². The highest BCUT2D eigenvalue weighted by Crippen LogP contribution is 1.93. The standard InChI is InChI=1S/C8H12ClNO/c1-3-5-10(6-4-2)8(11)7-9/h1H,4-7H2,2H3. The zero-order chi connectivity index (χ0) is 8.69. The third kappa shape index (κ3) is 3.90. The molecule has 3 heteroatoms. The van der Waals surface area contributed by atoms with Crippen LogP contribution in [0.15, 0.2) is 0 Å². The third-order valence-corrected chi connectivity index (χ3v) is 1.47. The molecule has 0 radical (unpaired) electrons. The number of carbonyl (C=O) groups excluding carboxylic acids is 1. The van der Waals surface area contributed by atoms with Gasteiger partial charge in [-0.3, -0.25) is 4.79 Å². The molecule has 0 N–H and O–H groups in total. The van der Waals surface area contributed by atoms with Crippen molar-refractivity contribution in [1.29, 1.82) is 0 Å². The monoisotopic (exact) mass is 173 g/mol.